The van der Waals surface area contributed by atoms with Gasteiger partial charge in [-0.3, -0.25) is 4.79 Å². The van der Waals surface area contributed by atoms with Crippen LogP contribution in [0.1, 0.15) is 37.3 Å². The summed E-state index contributed by atoms with van der Waals surface area (Å²) in [5.41, 5.74) is -0.102. The Morgan fingerprint density at radius 3 is 2.55 bits per heavy atom. The van der Waals surface area contributed by atoms with Crippen LogP contribution in [0.25, 0.3) is 0 Å². The van der Waals surface area contributed by atoms with Gasteiger partial charge in [-0.2, -0.15) is 13.2 Å². The minimum absolute atomic E-state index is 0. The summed E-state index contributed by atoms with van der Waals surface area (Å²) in [4.78, 5) is 17.8. The van der Waals surface area contributed by atoms with E-state index in [-0.39, 0.29) is 48.4 Å². The molecular formula is C21H32F3IN4O2. The maximum atomic E-state index is 12.9. The number of likely N-dealkylation sites (N-methyl/N-ethyl adjacent to an activating group) is 1. The van der Waals surface area contributed by atoms with Gasteiger partial charge in [-0.25, -0.2) is 4.99 Å². The van der Waals surface area contributed by atoms with Crippen LogP contribution in [0.5, 0.6) is 0 Å². The van der Waals surface area contributed by atoms with Gasteiger partial charge < -0.3 is 20.3 Å². The topological polar surface area (TPSA) is 66.0 Å². The van der Waals surface area contributed by atoms with E-state index in [9.17, 15) is 18.0 Å². The van der Waals surface area contributed by atoms with E-state index in [0.29, 0.717) is 31.3 Å². The number of aliphatic imine (C=N–C) groups is 1. The van der Waals surface area contributed by atoms with Crippen LogP contribution >= 0.6 is 24.0 Å². The van der Waals surface area contributed by atoms with Crippen molar-refractivity contribution in [3.63, 3.8) is 0 Å². The average Bonchev–Trinajstić information content (AvgIpc) is 3.47. The molecule has 1 amide bonds. The summed E-state index contributed by atoms with van der Waals surface area (Å²) >= 11 is 0. The highest BCUT2D eigenvalue weighted by Crippen LogP contribution is 2.48. The number of nitrogens with one attached hydrogen (secondary N) is 2. The highest BCUT2D eigenvalue weighted by atomic mass is 127. The summed E-state index contributed by atoms with van der Waals surface area (Å²) in [7, 11) is 3.31. The molecule has 6 nitrogen and oxygen atoms in total. The first-order valence-corrected chi connectivity index (χ1v) is 10.1. The first-order chi connectivity index (χ1) is 14.1. The lowest BCUT2D eigenvalue weighted by atomic mass is 10.0. The number of alkyl halides is 3. The second kappa shape index (κ2) is 12.5. The van der Waals surface area contributed by atoms with Crippen molar-refractivity contribution < 1.29 is 22.7 Å². The lowest BCUT2D eigenvalue weighted by Crippen LogP contribution is -2.44. The third kappa shape index (κ3) is 9.63. The van der Waals surface area contributed by atoms with Gasteiger partial charge in [-0.15, -0.1) is 24.0 Å². The van der Waals surface area contributed by atoms with E-state index in [0.717, 1.165) is 31.4 Å². The first kappa shape index (κ1) is 27.5. The summed E-state index contributed by atoms with van der Waals surface area (Å²) in [5, 5.41) is 6.23. The largest absolute Gasteiger partial charge is 0.416 e. The van der Waals surface area contributed by atoms with Gasteiger partial charge in [-0.05, 0) is 49.3 Å². The molecular weight excluding hydrogens is 524 g/mol. The molecule has 31 heavy (non-hydrogen) atoms. The minimum Gasteiger partial charge on any atom is -0.382 e. The maximum absolute atomic E-state index is 12.9. The maximum Gasteiger partial charge on any atom is 0.416 e. The van der Waals surface area contributed by atoms with Crippen molar-refractivity contribution >= 4 is 35.8 Å². The fourth-order valence-electron chi connectivity index (χ4n) is 2.90. The molecule has 1 aromatic carbocycles. The van der Waals surface area contributed by atoms with Crippen molar-refractivity contribution in [1.29, 1.82) is 0 Å². The molecule has 0 aliphatic heterocycles. The molecule has 1 aromatic rings. The molecule has 176 valence electrons. The van der Waals surface area contributed by atoms with Gasteiger partial charge in [0.1, 0.15) is 0 Å². The highest BCUT2D eigenvalue weighted by molar-refractivity contribution is 14.0. The smallest absolute Gasteiger partial charge is 0.382 e. The number of amides is 1. The number of guanidine groups is 1. The number of carbonyl (C=O) groups is 1. The van der Waals surface area contributed by atoms with E-state index in [1.807, 2.05) is 6.92 Å². The van der Waals surface area contributed by atoms with Crippen LogP contribution in [-0.4, -0.2) is 57.2 Å². The van der Waals surface area contributed by atoms with Crippen LogP contribution in [0, 0.1) is 5.41 Å². The summed E-state index contributed by atoms with van der Waals surface area (Å²) in [5.74, 6) is 0.284. The lowest BCUT2D eigenvalue weighted by Gasteiger charge is -2.19. The third-order valence-electron chi connectivity index (χ3n) is 5.15. The minimum atomic E-state index is -4.39. The Morgan fingerprint density at radius 2 is 1.97 bits per heavy atom. The summed E-state index contributed by atoms with van der Waals surface area (Å²) < 4.78 is 44.2. The third-order valence-corrected chi connectivity index (χ3v) is 5.15. The van der Waals surface area contributed by atoms with Crippen molar-refractivity contribution in [2.75, 3.05) is 40.4 Å². The van der Waals surface area contributed by atoms with Crippen molar-refractivity contribution in [2.45, 2.75) is 38.9 Å². The second-order valence-corrected chi connectivity index (χ2v) is 7.81. The number of halogens is 4. The van der Waals surface area contributed by atoms with Crippen molar-refractivity contribution in [2.24, 2.45) is 10.4 Å². The molecule has 0 spiro atoms. The first-order valence-electron chi connectivity index (χ1n) is 10.1. The van der Waals surface area contributed by atoms with Gasteiger partial charge in [0, 0.05) is 33.9 Å². The Kier molecular flexibility index (Phi) is 11.1. The Morgan fingerprint density at radius 1 is 1.26 bits per heavy atom. The number of hydrogen-bond donors (Lipinski definition) is 2. The quantitative estimate of drug-likeness (QED) is 0.200. The van der Waals surface area contributed by atoms with Crippen molar-refractivity contribution in [3.8, 4) is 0 Å². The number of carbonyl (C=O) groups excluding carboxylic acids is 1. The number of ether oxygens (including phenoxy) is 1. The van der Waals surface area contributed by atoms with Gasteiger partial charge >= 0.3 is 6.18 Å². The van der Waals surface area contributed by atoms with Crippen LogP contribution < -0.4 is 10.6 Å². The van der Waals surface area contributed by atoms with Gasteiger partial charge in [0.05, 0.1) is 18.7 Å². The fraction of sp³-hybridized carbons (Fsp3) is 0.619. The molecule has 0 aromatic heterocycles. The fourth-order valence-corrected chi connectivity index (χ4v) is 2.90. The van der Waals surface area contributed by atoms with Crippen LogP contribution in [0.4, 0.5) is 13.2 Å². The van der Waals surface area contributed by atoms with E-state index >= 15 is 0 Å². The van der Waals surface area contributed by atoms with Gasteiger partial charge in [0.2, 0.25) is 5.91 Å². The molecule has 1 aliphatic carbocycles. The van der Waals surface area contributed by atoms with Crippen molar-refractivity contribution in [1.82, 2.24) is 15.5 Å². The summed E-state index contributed by atoms with van der Waals surface area (Å²) in [6.07, 6.45) is -1.28. The molecule has 10 heteroatoms. The lowest BCUT2D eigenvalue weighted by molar-refractivity contribution is -0.137. The van der Waals surface area contributed by atoms with Gasteiger partial charge in [0.15, 0.2) is 5.96 Å². The Balaban J connectivity index is 0.00000480. The molecule has 1 aliphatic rings. The van der Waals surface area contributed by atoms with Crippen LogP contribution in [0.15, 0.2) is 29.3 Å². The number of rotatable bonds is 10. The number of hydrogen-bond acceptors (Lipinski definition) is 3. The summed E-state index contributed by atoms with van der Waals surface area (Å²) in [6.45, 7) is 4.13. The highest BCUT2D eigenvalue weighted by Gasteiger charge is 2.42. The van der Waals surface area contributed by atoms with E-state index in [2.05, 4.69) is 15.6 Å². The van der Waals surface area contributed by atoms with E-state index in [4.69, 9.17) is 4.74 Å². The molecule has 0 saturated heterocycles. The van der Waals surface area contributed by atoms with Crippen LogP contribution in [0.2, 0.25) is 0 Å². The zero-order valence-corrected chi connectivity index (χ0v) is 20.5. The zero-order valence-electron chi connectivity index (χ0n) is 18.2. The molecule has 1 fully saturated rings. The SMILES string of the molecule is CCOCCC1(CNC(=NCc2cccc(C(F)(F)F)c2)NCC(=O)N(C)C)CC1.I. The standard InChI is InChI=1S/C21H31F3N4O2.HI/c1-4-30-11-10-20(8-9-20)15-27-19(26-14-18(29)28(2)3)25-13-16-6-5-7-17(12-16)21(22,23)24;/h5-7,12H,4,8-11,13-15H2,1-3H3,(H2,25,26,27);1H. The number of benzene rings is 1. The Labute approximate surface area is 199 Å². The van der Waals surface area contributed by atoms with Gasteiger partial charge in [0.25, 0.3) is 0 Å². The summed E-state index contributed by atoms with van der Waals surface area (Å²) in [6, 6.07) is 5.11. The number of nitrogens with zero attached hydrogens (tertiary/aromatic N) is 2. The molecule has 0 radical (unpaired) electrons. The normalized spacial score (nSPS) is 15.1. The molecule has 1 saturated carbocycles. The van der Waals surface area contributed by atoms with Crippen LogP contribution in [0.3, 0.4) is 0 Å². The monoisotopic (exact) mass is 556 g/mol. The average molecular weight is 556 g/mol. The Hall–Kier alpha value is -1.56. The zero-order chi connectivity index (χ0) is 22.2. The molecule has 0 atom stereocenters. The van der Waals surface area contributed by atoms with E-state index in [1.54, 1.807) is 20.2 Å². The predicted molar refractivity (Wildman–Crippen MR) is 125 cm³/mol. The predicted octanol–water partition coefficient (Wildman–Crippen LogP) is 3.65. The van der Waals surface area contributed by atoms with Crippen molar-refractivity contribution in [3.05, 3.63) is 35.4 Å². The molecule has 2 rings (SSSR count). The van der Waals surface area contributed by atoms with E-state index in [1.165, 1.54) is 11.0 Å². The Bertz CT molecular complexity index is 738. The molecule has 0 bridgehead atoms. The molecule has 0 unspecified atom stereocenters. The molecule has 2 N–H and O–H groups in total. The second-order valence-electron chi connectivity index (χ2n) is 7.81. The molecule has 0 heterocycles. The van der Waals surface area contributed by atoms with Gasteiger partial charge in [-0.1, -0.05) is 12.1 Å². The van der Waals surface area contributed by atoms with Crippen LogP contribution in [-0.2, 0) is 22.3 Å². The van der Waals surface area contributed by atoms with E-state index < -0.39 is 11.7 Å².